The number of carbonyl (C=O) groups excluding carboxylic acids is 1. The highest BCUT2D eigenvalue weighted by Gasteiger charge is 2.22. The summed E-state index contributed by atoms with van der Waals surface area (Å²) in [4.78, 5) is 24.9. The van der Waals surface area contributed by atoms with Crippen LogP contribution >= 0.6 is 0 Å². The number of hydrogen-bond donors (Lipinski definition) is 0. The fraction of sp³-hybridized carbons (Fsp3) is 0.368. The fourth-order valence-corrected chi connectivity index (χ4v) is 2.36. The first-order chi connectivity index (χ1) is 11.7. The summed E-state index contributed by atoms with van der Waals surface area (Å²) in [5, 5.41) is 0. The normalized spacial score (nSPS) is 11.8. The summed E-state index contributed by atoms with van der Waals surface area (Å²) in [7, 11) is 0. The highest BCUT2D eigenvalue weighted by molar-refractivity contribution is 5.74. The fourth-order valence-electron chi connectivity index (χ4n) is 2.36. The molecule has 0 aliphatic carbocycles. The molecule has 2 rings (SSSR count). The van der Waals surface area contributed by atoms with E-state index in [0.29, 0.717) is 13.0 Å². The van der Waals surface area contributed by atoms with E-state index >= 15 is 0 Å². The smallest absolute Gasteiger partial charge is 0.329 e. The predicted octanol–water partition coefficient (Wildman–Crippen LogP) is 3.33. The average Bonchev–Trinajstić information content (AvgIpc) is 2.62. The number of hydrogen-bond acceptors (Lipinski definition) is 4. The summed E-state index contributed by atoms with van der Waals surface area (Å²) < 4.78 is 12.2. The van der Waals surface area contributed by atoms with Crippen molar-refractivity contribution in [3.05, 3.63) is 64.6 Å². The van der Waals surface area contributed by atoms with Crippen LogP contribution in [0.25, 0.3) is 0 Å². The molecule has 0 aliphatic heterocycles. The summed E-state index contributed by atoms with van der Waals surface area (Å²) in [6, 6.07) is 12.1. The monoisotopic (exact) mass is 329 g/mol. The van der Waals surface area contributed by atoms with E-state index in [9.17, 15) is 9.59 Å². The van der Waals surface area contributed by atoms with Gasteiger partial charge in [-0.1, -0.05) is 44.2 Å². The second-order valence-electron chi connectivity index (χ2n) is 5.45. The van der Waals surface area contributed by atoms with Crippen LogP contribution in [0.5, 0.6) is 5.75 Å². The minimum absolute atomic E-state index is 0.191. The van der Waals surface area contributed by atoms with Crippen LogP contribution < -0.4 is 10.3 Å². The van der Waals surface area contributed by atoms with E-state index in [0.717, 1.165) is 12.0 Å². The first kappa shape index (κ1) is 17.8. The van der Waals surface area contributed by atoms with E-state index in [1.807, 2.05) is 44.2 Å². The third-order valence-corrected chi connectivity index (χ3v) is 3.62. The van der Waals surface area contributed by atoms with Crippen LogP contribution in [-0.2, 0) is 16.1 Å². The van der Waals surface area contributed by atoms with Gasteiger partial charge in [0.1, 0.15) is 12.6 Å². The zero-order chi connectivity index (χ0) is 17.4. The maximum Gasteiger partial charge on any atom is 0.329 e. The van der Waals surface area contributed by atoms with Crippen LogP contribution in [-0.4, -0.2) is 17.1 Å². The molecular weight excluding hydrogens is 306 g/mol. The zero-order valence-electron chi connectivity index (χ0n) is 14.1. The summed E-state index contributed by atoms with van der Waals surface area (Å²) in [5.41, 5.74) is 0.600. The first-order valence-corrected chi connectivity index (χ1v) is 8.21. The Labute approximate surface area is 141 Å². The molecule has 1 heterocycles. The van der Waals surface area contributed by atoms with Crippen LogP contribution in [0, 0.1) is 0 Å². The molecule has 0 spiro atoms. The largest absolute Gasteiger partial charge is 0.488 e. The lowest BCUT2D eigenvalue weighted by Crippen LogP contribution is -2.31. The van der Waals surface area contributed by atoms with Gasteiger partial charge in [0.05, 0.1) is 6.61 Å². The SMILES string of the molecule is CCCOc1cccn(C(CC)C(=O)OCc2ccccc2)c1=O. The number of nitrogens with zero attached hydrogens (tertiary/aromatic N) is 1. The van der Waals surface area contributed by atoms with Crippen LogP contribution in [0.3, 0.4) is 0 Å². The third kappa shape index (κ3) is 4.47. The minimum atomic E-state index is -0.661. The Morgan fingerprint density at radius 2 is 1.88 bits per heavy atom. The number of aromatic nitrogens is 1. The molecule has 0 bridgehead atoms. The third-order valence-electron chi connectivity index (χ3n) is 3.62. The number of carbonyl (C=O) groups is 1. The lowest BCUT2D eigenvalue weighted by molar-refractivity contribution is -0.149. The van der Waals surface area contributed by atoms with Crippen molar-refractivity contribution < 1.29 is 14.3 Å². The minimum Gasteiger partial charge on any atom is -0.488 e. The van der Waals surface area contributed by atoms with E-state index in [4.69, 9.17) is 9.47 Å². The van der Waals surface area contributed by atoms with Crippen molar-refractivity contribution in [2.45, 2.75) is 39.3 Å². The highest BCUT2D eigenvalue weighted by Crippen LogP contribution is 2.15. The van der Waals surface area contributed by atoms with Crippen LogP contribution in [0.2, 0.25) is 0 Å². The predicted molar refractivity (Wildman–Crippen MR) is 92.1 cm³/mol. The topological polar surface area (TPSA) is 57.5 Å². The molecule has 0 amide bonds. The van der Waals surface area contributed by atoms with Gasteiger partial charge in [-0.05, 0) is 30.5 Å². The molecule has 1 unspecified atom stereocenters. The van der Waals surface area contributed by atoms with E-state index < -0.39 is 12.0 Å². The number of ether oxygens (including phenoxy) is 2. The van der Waals surface area contributed by atoms with Crippen LogP contribution in [0.4, 0.5) is 0 Å². The van der Waals surface area contributed by atoms with Gasteiger partial charge < -0.3 is 9.47 Å². The first-order valence-electron chi connectivity index (χ1n) is 8.21. The second-order valence-corrected chi connectivity index (χ2v) is 5.45. The Kier molecular flexibility index (Phi) is 6.61. The van der Waals surface area contributed by atoms with Gasteiger partial charge in [0.15, 0.2) is 5.75 Å². The van der Waals surface area contributed by atoms with Gasteiger partial charge in [0.25, 0.3) is 5.56 Å². The summed E-state index contributed by atoms with van der Waals surface area (Å²) in [6.45, 7) is 4.48. The molecule has 0 N–H and O–H groups in total. The maximum atomic E-state index is 12.5. The number of benzene rings is 1. The number of esters is 1. The second kappa shape index (κ2) is 8.91. The van der Waals surface area contributed by atoms with E-state index in [-0.39, 0.29) is 17.9 Å². The number of pyridine rings is 1. The summed E-state index contributed by atoms with van der Waals surface area (Å²) >= 11 is 0. The molecule has 2 aromatic rings. The van der Waals surface area contributed by atoms with E-state index in [1.54, 1.807) is 18.3 Å². The highest BCUT2D eigenvalue weighted by atomic mass is 16.5. The average molecular weight is 329 g/mol. The lowest BCUT2D eigenvalue weighted by Gasteiger charge is -2.18. The molecule has 128 valence electrons. The molecule has 5 heteroatoms. The standard InChI is InChI=1S/C19H23NO4/c1-3-13-23-17-11-8-12-20(18(17)21)16(4-2)19(22)24-14-15-9-6-5-7-10-15/h5-12,16H,3-4,13-14H2,1-2H3. The molecule has 0 aliphatic rings. The van der Waals surface area contributed by atoms with Gasteiger partial charge in [-0.2, -0.15) is 0 Å². The van der Waals surface area contributed by atoms with E-state index in [2.05, 4.69) is 0 Å². The molecule has 0 saturated carbocycles. The Hall–Kier alpha value is -2.56. The molecule has 24 heavy (non-hydrogen) atoms. The van der Waals surface area contributed by atoms with Gasteiger partial charge >= 0.3 is 5.97 Å². The Morgan fingerprint density at radius 1 is 1.12 bits per heavy atom. The molecule has 0 radical (unpaired) electrons. The van der Waals surface area contributed by atoms with Crippen molar-refractivity contribution in [2.24, 2.45) is 0 Å². The summed E-state index contributed by atoms with van der Waals surface area (Å²) in [5.74, 6) is -0.162. The summed E-state index contributed by atoms with van der Waals surface area (Å²) in [6.07, 6.45) is 2.87. The number of rotatable bonds is 8. The van der Waals surface area contributed by atoms with Gasteiger partial charge in [-0.15, -0.1) is 0 Å². The molecule has 1 aromatic heterocycles. The van der Waals surface area contributed by atoms with Gasteiger partial charge in [-0.25, -0.2) is 4.79 Å². The van der Waals surface area contributed by atoms with Crippen molar-refractivity contribution in [2.75, 3.05) is 6.61 Å². The lowest BCUT2D eigenvalue weighted by atomic mass is 10.2. The quantitative estimate of drug-likeness (QED) is 0.697. The molecular formula is C19H23NO4. The molecule has 0 saturated heterocycles. The van der Waals surface area contributed by atoms with Crippen molar-refractivity contribution >= 4 is 5.97 Å². The van der Waals surface area contributed by atoms with Crippen LogP contribution in [0.1, 0.15) is 38.3 Å². The van der Waals surface area contributed by atoms with Crippen molar-refractivity contribution in [1.29, 1.82) is 0 Å². The zero-order valence-corrected chi connectivity index (χ0v) is 14.1. The van der Waals surface area contributed by atoms with Gasteiger partial charge in [-0.3, -0.25) is 9.36 Å². The molecule has 5 nitrogen and oxygen atoms in total. The molecule has 0 fully saturated rings. The van der Waals surface area contributed by atoms with E-state index in [1.165, 1.54) is 4.57 Å². The van der Waals surface area contributed by atoms with Gasteiger partial charge in [0.2, 0.25) is 0 Å². The molecule has 1 aromatic carbocycles. The van der Waals surface area contributed by atoms with Gasteiger partial charge in [0, 0.05) is 6.20 Å². The Bertz CT molecular complexity index is 709. The van der Waals surface area contributed by atoms with Crippen LogP contribution in [0.15, 0.2) is 53.5 Å². The maximum absolute atomic E-state index is 12.5. The Balaban J connectivity index is 2.12. The van der Waals surface area contributed by atoms with Crippen molar-refractivity contribution in [3.63, 3.8) is 0 Å². The van der Waals surface area contributed by atoms with Crippen molar-refractivity contribution in [1.82, 2.24) is 4.57 Å². The Morgan fingerprint density at radius 3 is 2.54 bits per heavy atom. The van der Waals surface area contributed by atoms with Crippen molar-refractivity contribution in [3.8, 4) is 5.75 Å². The molecule has 1 atom stereocenters.